The first kappa shape index (κ1) is 16.1. The van der Waals surface area contributed by atoms with Gasteiger partial charge >= 0.3 is 0 Å². The maximum absolute atomic E-state index is 14.1. The Morgan fingerprint density at radius 1 is 1.00 bits per heavy atom. The standard InChI is InChI=1S/C16H17BrF2N2/c1-9(2)10-3-5-11(6-4-10)16(21-20)15-13(18)7-12(17)8-14(15)19/h3-9,16,21H,20H2,1-2H3. The van der Waals surface area contributed by atoms with Crippen molar-refractivity contribution in [1.82, 2.24) is 5.43 Å². The number of benzene rings is 2. The van der Waals surface area contributed by atoms with Crippen molar-refractivity contribution >= 4 is 15.9 Å². The van der Waals surface area contributed by atoms with Gasteiger partial charge < -0.3 is 0 Å². The van der Waals surface area contributed by atoms with Crippen molar-refractivity contribution < 1.29 is 8.78 Å². The highest BCUT2D eigenvalue weighted by Gasteiger charge is 2.21. The minimum atomic E-state index is -0.737. The van der Waals surface area contributed by atoms with Gasteiger partial charge in [0.2, 0.25) is 0 Å². The van der Waals surface area contributed by atoms with Crippen LogP contribution in [-0.4, -0.2) is 0 Å². The van der Waals surface area contributed by atoms with Gasteiger partial charge in [0.1, 0.15) is 11.6 Å². The van der Waals surface area contributed by atoms with Crippen LogP contribution in [0.25, 0.3) is 0 Å². The Bertz CT molecular complexity index is 604. The summed E-state index contributed by atoms with van der Waals surface area (Å²) >= 11 is 3.07. The summed E-state index contributed by atoms with van der Waals surface area (Å²) in [5, 5.41) is 0. The molecule has 3 N–H and O–H groups in total. The number of hydrogen-bond donors (Lipinski definition) is 2. The van der Waals surface area contributed by atoms with Gasteiger partial charge in [-0.1, -0.05) is 54.0 Å². The Hall–Kier alpha value is -1.30. The summed E-state index contributed by atoms with van der Waals surface area (Å²) in [4.78, 5) is 0. The molecule has 0 bridgehead atoms. The second-order valence-electron chi connectivity index (χ2n) is 5.20. The molecule has 0 aliphatic carbocycles. The fraction of sp³-hybridized carbons (Fsp3) is 0.250. The van der Waals surface area contributed by atoms with Crippen molar-refractivity contribution in [2.75, 3.05) is 0 Å². The molecule has 0 spiro atoms. The van der Waals surface area contributed by atoms with Crippen molar-refractivity contribution in [3.8, 4) is 0 Å². The number of hydrogen-bond acceptors (Lipinski definition) is 2. The summed E-state index contributed by atoms with van der Waals surface area (Å²) in [6.07, 6.45) is 0. The molecule has 0 heterocycles. The van der Waals surface area contributed by atoms with Crippen LogP contribution in [0.4, 0.5) is 8.78 Å². The summed E-state index contributed by atoms with van der Waals surface area (Å²) in [6.45, 7) is 4.17. The lowest BCUT2D eigenvalue weighted by Gasteiger charge is -2.19. The first-order valence-corrected chi connectivity index (χ1v) is 7.43. The quantitative estimate of drug-likeness (QED) is 0.630. The van der Waals surface area contributed by atoms with Gasteiger partial charge in [0.15, 0.2) is 0 Å². The van der Waals surface area contributed by atoms with E-state index in [0.717, 1.165) is 5.56 Å². The number of halogens is 3. The predicted octanol–water partition coefficient (Wildman–Crippen LogP) is 4.40. The molecule has 0 amide bonds. The highest BCUT2D eigenvalue weighted by molar-refractivity contribution is 9.10. The van der Waals surface area contributed by atoms with E-state index < -0.39 is 17.7 Å². The highest BCUT2D eigenvalue weighted by atomic mass is 79.9. The van der Waals surface area contributed by atoms with E-state index in [2.05, 4.69) is 35.2 Å². The summed E-state index contributed by atoms with van der Waals surface area (Å²) in [5.41, 5.74) is 4.27. The SMILES string of the molecule is CC(C)c1ccc(C(NN)c2c(F)cc(Br)cc2F)cc1. The van der Waals surface area contributed by atoms with E-state index in [1.54, 1.807) is 0 Å². The maximum Gasteiger partial charge on any atom is 0.132 e. The van der Waals surface area contributed by atoms with Crippen LogP contribution in [0.15, 0.2) is 40.9 Å². The van der Waals surface area contributed by atoms with E-state index in [0.29, 0.717) is 16.0 Å². The molecule has 0 saturated heterocycles. The van der Waals surface area contributed by atoms with Gasteiger partial charge in [0, 0.05) is 10.0 Å². The van der Waals surface area contributed by atoms with Crippen molar-refractivity contribution in [3.05, 3.63) is 69.2 Å². The Morgan fingerprint density at radius 2 is 1.48 bits per heavy atom. The fourth-order valence-corrected chi connectivity index (χ4v) is 2.65. The molecule has 21 heavy (non-hydrogen) atoms. The Kier molecular flexibility index (Phi) is 5.08. The lowest BCUT2D eigenvalue weighted by molar-refractivity contribution is 0.509. The minimum Gasteiger partial charge on any atom is -0.271 e. The van der Waals surface area contributed by atoms with Crippen LogP contribution in [0.2, 0.25) is 0 Å². The van der Waals surface area contributed by atoms with Crippen LogP contribution in [-0.2, 0) is 0 Å². The third-order valence-electron chi connectivity index (χ3n) is 3.44. The molecule has 0 aliphatic heterocycles. The van der Waals surface area contributed by atoms with E-state index in [4.69, 9.17) is 5.84 Å². The van der Waals surface area contributed by atoms with Gasteiger partial charge in [-0.2, -0.15) is 0 Å². The second kappa shape index (κ2) is 6.64. The highest BCUT2D eigenvalue weighted by Crippen LogP contribution is 2.29. The third-order valence-corrected chi connectivity index (χ3v) is 3.89. The molecule has 1 unspecified atom stereocenters. The lowest BCUT2D eigenvalue weighted by Crippen LogP contribution is -2.30. The first-order chi connectivity index (χ1) is 9.93. The zero-order chi connectivity index (χ0) is 15.6. The van der Waals surface area contributed by atoms with Gasteiger partial charge in [-0.15, -0.1) is 0 Å². The molecular weight excluding hydrogens is 338 g/mol. The van der Waals surface area contributed by atoms with E-state index in [1.807, 2.05) is 24.3 Å². The van der Waals surface area contributed by atoms with E-state index in [-0.39, 0.29) is 5.56 Å². The zero-order valence-electron chi connectivity index (χ0n) is 11.8. The van der Waals surface area contributed by atoms with Crippen LogP contribution in [0.1, 0.15) is 42.5 Å². The molecule has 1 atom stereocenters. The largest absolute Gasteiger partial charge is 0.271 e. The van der Waals surface area contributed by atoms with E-state index in [1.165, 1.54) is 12.1 Å². The third kappa shape index (κ3) is 3.48. The number of nitrogens with two attached hydrogens (primary N) is 1. The molecule has 0 saturated carbocycles. The Labute approximate surface area is 131 Å². The van der Waals surface area contributed by atoms with Crippen LogP contribution in [0.5, 0.6) is 0 Å². The van der Waals surface area contributed by atoms with Crippen molar-refractivity contribution in [3.63, 3.8) is 0 Å². The van der Waals surface area contributed by atoms with Gasteiger partial charge in [-0.3, -0.25) is 5.84 Å². The van der Waals surface area contributed by atoms with Crippen LogP contribution in [0.3, 0.4) is 0 Å². The van der Waals surface area contributed by atoms with Crippen molar-refractivity contribution in [1.29, 1.82) is 0 Å². The van der Waals surface area contributed by atoms with Gasteiger partial charge in [0.25, 0.3) is 0 Å². The first-order valence-electron chi connectivity index (χ1n) is 6.64. The summed E-state index contributed by atoms with van der Waals surface area (Å²) in [7, 11) is 0. The molecule has 0 aliphatic rings. The molecule has 0 aromatic heterocycles. The average Bonchev–Trinajstić information content (AvgIpc) is 2.42. The summed E-state index contributed by atoms with van der Waals surface area (Å²) < 4.78 is 28.5. The molecular formula is C16H17BrF2N2. The van der Waals surface area contributed by atoms with E-state index in [9.17, 15) is 8.78 Å². The van der Waals surface area contributed by atoms with Crippen molar-refractivity contribution in [2.24, 2.45) is 5.84 Å². The number of nitrogens with one attached hydrogen (secondary N) is 1. The van der Waals surface area contributed by atoms with Crippen molar-refractivity contribution in [2.45, 2.75) is 25.8 Å². The van der Waals surface area contributed by atoms with Gasteiger partial charge in [0.05, 0.1) is 6.04 Å². The molecule has 2 nitrogen and oxygen atoms in total. The van der Waals surface area contributed by atoms with Crippen LogP contribution < -0.4 is 11.3 Å². The van der Waals surface area contributed by atoms with Crippen LogP contribution >= 0.6 is 15.9 Å². The normalized spacial score (nSPS) is 12.7. The summed E-state index contributed by atoms with van der Waals surface area (Å²) in [6, 6.07) is 9.27. The summed E-state index contributed by atoms with van der Waals surface area (Å²) in [5.74, 6) is 4.63. The molecule has 2 rings (SSSR count). The molecule has 5 heteroatoms. The average molecular weight is 355 g/mol. The van der Waals surface area contributed by atoms with Crippen LogP contribution in [0, 0.1) is 11.6 Å². The monoisotopic (exact) mass is 354 g/mol. The molecule has 0 radical (unpaired) electrons. The topological polar surface area (TPSA) is 38.0 Å². The maximum atomic E-state index is 14.1. The molecule has 2 aromatic rings. The zero-order valence-corrected chi connectivity index (χ0v) is 13.4. The second-order valence-corrected chi connectivity index (χ2v) is 6.12. The Morgan fingerprint density at radius 3 is 1.90 bits per heavy atom. The van der Waals surface area contributed by atoms with Gasteiger partial charge in [-0.25, -0.2) is 14.2 Å². The number of hydrazine groups is 1. The molecule has 112 valence electrons. The number of rotatable bonds is 4. The Balaban J connectivity index is 2.45. The molecule has 2 aromatic carbocycles. The minimum absolute atomic E-state index is 0.0852. The van der Waals surface area contributed by atoms with E-state index >= 15 is 0 Å². The lowest BCUT2D eigenvalue weighted by atomic mass is 9.95. The fourth-order valence-electron chi connectivity index (χ4n) is 2.25. The van der Waals surface area contributed by atoms with Gasteiger partial charge in [-0.05, 0) is 29.2 Å². The predicted molar refractivity (Wildman–Crippen MR) is 83.8 cm³/mol. The molecule has 0 fully saturated rings. The smallest absolute Gasteiger partial charge is 0.132 e.